The number of ether oxygens (including phenoxy) is 1. The Hall–Kier alpha value is -1.77. The van der Waals surface area contributed by atoms with E-state index in [9.17, 15) is 0 Å². The number of benzene rings is 1. The first-order valence-electron chi connectivity index (χ1n) is 4.44. The highest BCUT2D eigenvalue weighted by atomic mass is 16.5. The third kappa shape index (κ3) is 1.48. The molecule has 0 aliphatic carbocycles. The predicted molar refractivity (Wildman–Crippen MR) is 56.9 cm³/mol. The summed E-state index contributed by atoms with van der Waals surface area (Å²) in [7, 11) is 1.64. The topological polar surface area (TPSA) is 37.9 Å². The minimum Gasteiger partial charge on any atom is -0.504 e. The first-order chi connectivity index (χ1) is 6.81. The Bertz CT molecular complexity index is 471. The summed E-state index contributed by atoms with van der Waals surface area (Å²) >= 11 is 0. The molecule has 14 heavy (non-hydrogen) atoms. The molecule has 0 saturated carbocycles. The average molecular weight is 188 g/mol. The summed E-state index contributed by atoms with van der Waals surface area (Å²) < 4.78 is 4.88. The molecular formula is C11H12N2O. The quantitative estimate of drug-likeness (QED) is 0.735. The van der Waals surface area contributed by atoms with E-state index >= 15 is 0 Å². The normalized spacial score (nSPS) is 11.3. The zero-order valence-corrected chi connectivity index (χ0v) is 8.24. The smallest absolute Gasteiger partial charge is 0.0830 e. The van der Waals surface area contributed by atoms with E-state index < -0.39 is 0 Å². The van der Waals surface area contributed by atoms with Crippen LogP contribution < -0.4 is 0 Å². The maximum atomic E-state index is 4.88. The highest BCUT2D eigenvalue weighted by Gasteiger charge is 2.00. The van der Waals surface area contributed by atoms with E-state index in [1.165, 1.54) is 5.56 Å². The van der Waals surface area contributed by atoms with Crippen LogP contribution in [0.15, 0.2) is 24.6 Å². The van der Waals surface area contributed by atoms with Crippen molar-refractivity contribution in [2.75, 3.05) is 7.11 Å². The summed E-state index contributed by atoms with van der Waals surface area (Å²) in [4.78, 5) is 0. The summed E-state index contributed by atoms with van der Waals surface area (Å²) in [5.74, 6) is 0. The first-order valence-corrected chi connectivity index (χ1v) is 4.44. The summed E-state index contributed by atoms with van der Waals surface area (Å²) in [5.41, 5.74) is 3.41. The summed E-state index contributed by atoms with van der Waals surface area (Å²) in [5, 5.41) is 8.09. The largest absolute Gasteiger partial charge is 0.504 e. The van der Waals surface area contributed by atoms with Crippen molar-refractivity contribution in [1.29, 1.82) is 0 Å². The van der Waals surface area contributed by atoms with E-state index in [0.29, 0.717) is 0 Å². The third-order valence-electron chi connectivity index (χ3n) is 2.16. The molecule has 3 heteroatoms. The van der Waals surface area contributed by atoms with Crippen molar-refractivity contribution >= 4 is 17.0 Å². The molecule has 1 aromatic heterocycles. The van der Waals surface area contributed by atoms with Gasteiger partial charge in [0.25, 0.3) is 0 Å². The number of methoxy groups -OCH3 is 1. The molecule has 1 heterocycles. The van der Waals surface area contributed by atoms with Gasteiger partial charge in [-0.2, -0.15) is 5.10 Å². The Balaban J connectivity index is 2.53. The van der Waals surface area contributed by atoms with Crippen molar-refractivity contribution in [3.63, 3.8) is 0 Å². The molecule has 0 aliphatic rings. The van der Waals surface area contributed by atoms with E-state index in [-0.39, 0.29) is 0 Å². The fourth-order valence-electron chi connectivity index (χ4n) is 1.51. The summed E-state index contributed by atoms with van der Waals surface area (Å²) in [6.45, 7) is 2.06. The van der Waals surface area contributed by atoms with E-state index in [4.69, 9.17) is 4.74 Å². The number of hydrogen-bond donors (Lipinski definition) is 1. The highest BCUT2D eigenvalue weighted by molar-refractivity contribution is 5.83. The SMILES string of the molecule is COC=Cc1cc(C)c2[nH]ncc2c1. The van der Waals surface area contributed by atoms with Crippen molar-refractivity contribution in [3.05, 3.63) is 35.7 Å². The van der Waals surface area contributed by atoms with E-state index in [0.717, 1.165) is 16.5 Å². The molecule has 3 nitrogen and oxygen atoms in total. The van der Waals surface area contributed by atoms with Gasteiger partial charge < -0.3 is 4.74 Å². The molecule has 0 fully saturated rings. The fraction of sp³-hybridized carbons (Fsp3) is 0.182. The molecule has 2 aromatic rings. The molecule has 0 amide bonds. The number of nitrogens with one attached hydrogen (secondary N) is 1. The molecule has 0 spiro atoms. The number of fused-ring (bicyclic) bond motifs is 1. The van der Waals surface area contributed by atoms with Gasteiger partial charge in [0.05, 0.1) is 25.1 Å². The number of aryl methyl sites for hydroxylation is 1. The van der Waals surface area contributed by atoms with Crippen LogP contribution in [0.25, 0.3) is 17.0 Å². The van der Waals surface area contributed by atoms with Crippen molar-refractivity contribution in [2.45, 2.75) is 6.92 Å². The van der Waals surface area contributed by atoms with Gasteiger partial charge in [-0.3, -0.25) is 5.10 Å². The Kier molecular flexibility index (Phi) is 2.23. The van der Waals surface area contributed by atoms with Crippen LogP contribution in [0.1, 0.15) is 11.1 Å². The number of aromatic nitrogens is 2. The molecule has 0 radical (unpaired) electrons. The van der Waals surface area contributed by atoms with Gasteiger partial charge in [-0.05, 0) is 36.3 Å². The molecule has 0 atom stereocenters. The zero-order valence-electron chi connectivity index (χ0n) is 8.24. The Morgan fingerprint density at radius 1 is 1.43 bits per heavy atom. The van der Waals surface area contributed by atoms with Crippen molar-refractivity contribution in [3.8, 4) is 0 Å². The molecule has 0 saturated heterocycles. The Morgan fingerprint density at radius 2 is 2.29 bits per heavy atom. The van der Waals surface area contributed by atoms with Gasteiger partial charge in [-0.15, -0.1) is 0 Å². The number of nitrogens with zero attached hydrogens (tertiary/aromatic N) is 1. The second-order valence-corrected chi connectivity index (χ2v) is 3.21. The lowest BCUT2D eigenvalue weighted by Gasteiger charge is -1.98. The second kappa shape index (κ2) is 3.54. The lowest BCUT2D eigenvalue weighted by molar-refractivity contribution is 0.341. The highest BCUT2D eigenvalue weighted by Crippen LogP contribution is 2.18. The van der Waals surface area contributed by atoms with Crippen LogP contribution >= 0.6 is 0 Å². The van der Waals surface area contributed by atoms with Gasteiger partial charge in [0.1, 0.15) is 0 Å². The van der Waals surface area contributed by atoms with E-state index in [1.807, 2.05) is 12.3 Å². The van der Waals surface area contributed by atoms with Crippen molar-refractivity contribution in [2.24, 2.45) is 0 Å². The molecule has 1 N–H and O–H groups in total. The fourth-order valence-corrected chi connectivity index (χ4v) is 1.51. The molecule has 2 rings (SSSR count). The number of rotatable bonds is 2. The lowest BCUT2D eigenvalue weighted by Crippen LogP contribution is -1.80. The average Bonchev–Trinajstić information content (AvgIpc) is 2.63. The van der Waals surface area contributed by atoms with Gasteiger partial charge >= 0.3 is 0 Å². The number of H-pyrrole nitrogens is 1. The predicted octanol–water partition coefficient (Wildman–Crippen LogP) is 2.49. The standard InChI is InChI=1S/C11H12N2O/c1-8-5-9(3-4-14-2)6-10-7-12-13-11(8)10/h3-7H,1-2H3,(H,12,13). The molecule has 0 bridgehead atoms. The molecule has 0 aliphatic heterocycles. The zero-order chi connectivity index (χ0) is 9.97. The van der Waals surface area contributed by atoms with Gasteiger partial charge in [0.15, 0.2) is 0 Å². The van der Waals surface area contributed by atoms with E-state index in [2.05, 4.69) is 29.3 Å². The third-order valence-corrected chi connectivity index (χ3v) is 2.16. The minimum atomic E-state index is 1.10. The second-order valence-electron chi connectivity index (χ2n) is 3.21. The van der Waals surface area contributed by atoms with Crippen LogP contribution in [0.5, 0.6) is 0 Å². The minimum absolute atomic E-state index is 1.10. The summed E-state index contributed by atoms with van der Waals surface area (Å²) in [6.07, 6.45) is 5.42. The van der Waals surface area contributed by atoms with Gasteiger partial charge in [0.2, 0.25) is 0 Å². The van der Waals surface area contributed by atoms with Crippen LogP contribution in [-0.4, -0.2) is 17.3 Å². The summed E-state index contributed by atoms with van der Waals surface area (Å²) in [6, 6.07) is 4.16. The first kappa shape index (κ1) is 8.81. The van der Waals surface area contributed by atoms with Crippen molar-refractivity contribution in [1.82, 2.24) is 10.2 Å². The van der Waals surface area contributed by atoms with Crippen LogP contribution in [0.2, 0.25) is 0 Å². The molecule has 1 aromatic carbocycles. The lowest BCUT2D eigenvalue weighted by atomic mass is 10.1. The van der Waals surface area contributed by atoms with Gasteiger partial charge in [-0.1, -0.05) is 0 Å². The Morgan fingerprint density at radius 3 is 3.07 bits per heavy atom. The van der Waals surface area contributed by atoms with Gasteiger partial charge in [0, 0.05) is 5.39 Å². The number of hydrogen-bond acceptors (Lipinski definition) is 2. The molecular weight excluding hydrogens is 176 g/mol. The Labute approximate surface area is 82.4 Å². The maximum absolute atomic E-state index is 4.88. The molecule has 0 unspecified atom stereocenters. The van der Waals surface area contributed by atoms with Crippen LogP contribution in [0, 0.1) is 6.92 Å². The maximum Gasteiger partial charge on any atom is 0.0830 e. The van der Waals surface area contributed by atoms with Crippen LogP contribution in [-0.2, 0) is 4.74 Å². The van der Waals surface area contributed by atoms with Crippen LogP contribution in [0.4, 0.5) is 0 Å². The molecule has 72 valence electrons. The van der Waals surface area contributed by atoms with E-state index in [1.54, 1.807) is 13.4 Å². The van der Waals surface area contributed by atoms with Crippen LogP contribution in [0.3, 0.4) is 0 Å². The number of aromatic amines is 1. The van der Waals surface area contributed by atoms with Gasteiger partial charge in [-0.25, -0.2) is 0 Å². The monoisotopic (exact) mass is 188 g/mol. The van der Waals surface area contributed by atoms with Crippen molar-refractivity contribution < 1.29 is 4.74 Å².